The Morgan fingerprint density at radius 2 is 1.45 bits per heavy atom. The van der Waals surface area contributed by atoms with E-state index in [4.69, 9.17) is 0 Å². The highest BCUT2D eigenvalue weighted by Gasteiger charge is 2.25. The quantitative estimate of drug-likeness (QED) is 0.324. The predicted molar refractivity (Wildman–Crippen MR) is 160 cm³/mol. The fourth-order valence-electron chi connectivity index (χ4n) is 5.47. The van der Waals surface area contributed by atoms with Crippen LogP contribution in [0, 0.1) is 0 Å². The first kappa shape index (κ1) is 27.6. The van der Waals surface area contributed by atoms with E-state index < -0.39 is 12.1 Å². The number of nitrogens with zero attached hydrogens (tertiary/aromatic N) is 2. The molecule has 2 atom stereocenters. The van der Waals surface area contributed by atoms with E-state index in [2.05, 4.69) is 46.6 Å². The van der Waals surface area contributed by atoms with E-state index >= 15 is 0 Å². The molecule has 1 aliphatic rings. The van der Waals surface area contributed by atoms with Crippen LogP contribution in [0.4, 0.5) is 0 Å². The molecule has 1 saturated heterocycles. The minimum atomic E-state index is -0.724. The lowest BCUT2D eigenvalue weighted by molar-refractivity contribution is -0.130. The van der Waals surface area contributed by atoms with Gasteiger partial charge < -0.3 is 15.3 Å². The first-order valence-corrected chi connectivity index (χ1v) is 14.1. The zero-order valence-corrected chi connectivity index (χ0v) is 23.0. The van der Waals surface area contributed by atoms with Crippen molar-refractivity contribution in [2.45, 2.75) is 31.9 Å². The molecule has 0 saturated carbocycles. The second-order valence-corrected chi connectivity index (χ2v) is 10.6. The van der Waals surface area contributed by atoms with Crippen LogP contribution in [0.2, 0.25) is 0 Å². The number of benzene rings is 4. The third kappa shape index (κ3) is 6.76. The van der Waals surface area contributed by atoms with Gasteiger partial charge in [-0.1, -0.05) is 91.0 Å². The predicted octanol–water partition coefficient (Wildman–Crippen LogP) is 4.76. The summed E-state index contributed by atoms with van der Waals surface area (Å²) in [6.07, 6.45) is 0.326. The minimum absolute atomic E-state index is 0.106. The van der Waals surface area contributed by atoms with Gasteiger partial charge in [-0.3, -0.25) is 14.5 Å². The zero-order valence-electron chi connectivity index (χ0n) is 23.0. The van der Waals surface area contributed by atoms with Crippen molar-refractivity contribution in [1.29, 1.82) is 0 Å². The topological polar surface area (TPSA) is 72.9 Å². The van der Waals surface area contributed by atoms with Crippen LogP contribution in [0.3, 0.4) is 0 Å². The van der Waals surface area contributed by atoms with Crippen molar-refractivity contribution in [3.8, 4) is 11.1 Å². The summed E-state index contributed by atoms with van der Waals surface area (Å²) in [4.78, 5) is 29.3. The van der Waals surface area contributed by atoms with Crippen LogP contribution in [0.25, 0.3) is 21.9 Å². The van der Waals surface area contributed by atoms with E-state index in [1.807, 2.05) is 65.6 Å². The van der Waals surface area contributed by atoms with Crippen molar-refractivity contribution in [2.24, 2.45) is 0 Å². The van der Waals surface area contributed by atoms with Gasteiger partial charge in [0.15, 0.2) is 0 Å². The second-order valence-electron chi connectivity index (χ2n) is 10.6. The molecule has 4 aromatic carbocycles. The molecule has 0 aromatic heterocycles. The highest BCUT2D eigenvalue weighted by Crippen LogP contribution is 2.22. The average Bonchev–Trinajstić information content (AvgIpc) is 3.00. The lowest BCUT2D eigenvalue weighted by Gasteiger charge is -2.35. The fraction of sp³-hybridized carbons (Fsp3) is 0.294. The number of aliphatic hydroxyl groups excluding tert-OH is 1. The van der Waals surface area contributed by atoms with Gasteiger partial charge in [0.25, 0.3) is 5.91 Å². The Bertz CT molecular complexity index is 1420. The van der Waals surface area contributed by atoms with Gasteiger partial charge in [0, 0.05) is 45.2 Å². The van der Waals surface area contributed by atoms with Crippen molar-refractivity contribution in [1.82, 2.24) is 15.1 Å². The number of hydrogen-bond donors (Lipinski definition) is 2. The largest absolute Gasteiger partial charge is 0.391 e. The molecule has 1 heterocycles. The van der Waals surface area contributed by atoms with Gasteiger partial charge in [-0.25, -0.2) is 0 Å². The molecule has 5 rings (SSSR count). The first-order chi connectivity index (χ1) is 19.5. The minimum Gasteiger partial charge on any atom is -0.391 e. The van der Waals surface area contributed by atoms with Crippen molar-refractivity contribution < 1.29 is 14.7 Å². The van der Waals surface area contributed by atoms with E-state index in [0.29, 0.717) is 38.0 Å². The molecule has 0 radical (unpaired) electrons. The van der Waals surface area contributed by atoms with Crippen molar-refractivity contribution in [3.05, 3.63) is 108 Å². The Morgan fingerprint density at radius 3 is 2.17 bits per heavy atom. The number of amides is 2. The van der Waals surface area contributed by atoms with E-state index in [1.165, 1.54) is 0 Å². The molecule has 0 bridgehead atoms. The Balaban J connectivity index is 1.30. The van der Waals surface area contributed by atoms with Crippen LogP contribution >= 0.6 is 0 Å². The number of hydrogen-bond acceptors (Lipinski definition) is 4. The molecule has 6 heteroatoms. The molecule has 40 heavy (non-hydrogen) atoms. The summed E-state index contributed by atoms with van der Waals surface area (Å²) in [7, 11) is 0. The van der Waals surface area contributed by atoms with Crippen LogP contribution < -0.4 is 5.32 Å². The Labute approximate surface area is 236 Å². The lowest BCUT2D eigenvalue weighted by atomic mass is 9.96. The van der Waals surface area contributed by atoms with Gasteiger partial charge >= 0.3 is 0 Å². The fourth-order valence-corrected chi connectivity index (χ4v) is 5.47. The van der Waals surface area contributed by atoms with Crippen LogP contribution in [0.5, 0.6) is 0 Å². The maximum atomic E-state index is 13.5. The van der Waals surface area contributed by atoms with Crippen molar-refractivity contribution >= 4 is 22.6 Å². The average molecular weight is 536 g/mol. The third-order valence-corrected chi connectivity index (χ3v) is 7.89. The summed E-state index contributed by atoms with van der Waals surface area (Å²) in [6, 6.07) is 31.7. The number of piperazine rings is 1. The molecule has 1 unspecified atom stereocenters. The molecule has 4 aromatic rings. The summed E-state index contributed by atoms with van der Waals surface area (Å²) >= 11 is 0. The van der Waals surface area contributed by atoms with Gasteiger partial charge in [0.2, 0.25) is 5.91 Å². The molecular weight excluding hydrogens is 498 g/mol. The molecule has 2 N–H and O–H groups in total. The molecule has 0 aliphatic carbocycles. The lowest BCUT2D eigenvalue weighted by Crippen LogP contribution is -2.50. The van der Waals surface area contributed by atoms with Gasteiger partial charge in [-0.05, 0) is 46.4 Å². The number of aliphatic hydroxyl groups is 1. The molecule has 1 fully saturated rings. The summed E-state index contributed by atoms with van der Waals surface area (Å²) in [6.45, 7) is 5.32. The van der Waals surface area contributed by atoms with Gasteiger partial charge in [0.1, 0.15) is 0 Å². The van der Waals surface area contributed by atoms with Crippen molar-refractivity contribution in [3.63, 3.8) is 0 Å². The number of rotatable bonds is 9. The Hall–Kier alpha value is -4.00. The Kier molecular flexibility index (Phi) is 8.89. The normalized spacial score (nSPS) is 15.5. The Morgan fingerprint density at radius 1 is 0.800 bits per heavy atom. The highest BCUT2D eigenvalue weighted by molar-refractivity contribution is 6.07. The molecule has 6 nitrogen and oxygen atoms in total. The number of carbonyl (C=O) groups is 2. The third-order valence-electron chi connectivity index (χ3n) is 7.89. The molecular formula is C34H37N3O3. The van der Waals surface area contributed by atoms with E-state index in [-0.39, 0.29) is 11.8 Å². The smallest absolute Gasteiger partial charge is 0.252 e. The molecule has 1 aliphatic heterocycles. The summed E-state index contributed by atoms with van der Waals surface area (Å²) < 4.78 is 0. The maximum Gasteiger partial charge on any atom is 0.252 e. The molecule has 0 spiro atoms. The molecule has 2 amide bonds. The highest BCUT2D eigenvalue weighted by atomic mass is 16.3. The van der Waals surface area contributed by atoms with Crippen LogP contribution in [-0.4, -0.2) is 71.6 Å². The standard InChI is InChI=1S/C34H37N3O3/c1-25(38)37-22-20-36(21-23-37)19-18-33(39)32(24-26-14-16-28(17-15-26)27-8-3-2-4-9-27)35-34(40)31-13-7-11-29-10-5-6-12-30(29)31/h2-17,32-33,39H,18-24H2,1H3,(H,35,40)/t32-,33?/m0/s1. The summed E-state index contributed by atoms with van der Waals surface area (Å²) in [5, 5.41) is 16.4. The van der Waals surface area contributed by atoms with Gasteiger partial charge in [0.05, 0.1) is 12.1 Å². The SMILES string of the molecule is CC(=O)N1CCN(CCC(O)[C@H](Cc2ccc(-c3ccccc3)cc2)NC(=O)c2cccc3ccccc23)CC1. The van der Waals surface area contributed by atoms with Crippen LogP contribution in [-0.2, 0) is 11.2 Å². The van der Waals surface area contributed by atoms with E-state index in [1.54, 1.807) is 6.92 Å². The van der Waals surface area contributed by atoms with Crippen LogP contribution in [0.1, 0.15) is 29.3 Å². The van der Waals surface area contributed by atoms with E-state index in [9.17, 15) is 14.7 Å². The van der Waals surface area contributed by atoms with Crippen molar-refractivity contribution in [2.75, 3.05) is 32.7 Å². The number of nitrogens with one attached hydrogen (secondary N) is 1. The second kappa shape index (κ2) is 12.9. The number of fused-ring (bicyclic) bond motifs is 1. The zero-order chi connectivity index (χ0) is 27.9. The van der Waals surface area contributed by atoms with Gasteiger partial charge in [-0.2, -0.15) is 0 Å². The molecule has 206 valence electrons. The van der Waals surface area contributed by atoms with Crippen LogP contribution in [0.15, 0.2) is 97.1 Å². The maximum absolute atomic E-state index is 13.5. The summed E-state index contributed by atoms with van der Waals surface area (Å²) in [5.41, 5.74) is 3.94. The monoisotopic (exact) mass is 535 g/mol. The number of carbonyl (C=O) groups excluding carboxylic acids is 2. The van der Waals surface area contributed by atoms with Gasteiger partial charge in [-0.15, -0.1) is 0 Å². The first-order valence-electron chi connectivity index (χ1n) is 14.1. The summed E-state index contributed by atoms with van der Waals surface area (Å²) in [5.74, 6) is -0.0778. The van der Waals surface area contributed by atoms with E-state index in [0.717, 1.165) is 40.6 Å².